The summed E-state index contributed by atoms with van der Waals surface area (Å²) in [5.74, 6) is 2.11. The van der Waals surface area contributed by atoms with Crippen molar-refractivity contribution >= 4 is 21.7 Å². The van der Waals surface area contributed by atoms with Crippen molar-refractivity contribution < 1.29 is 0 Å². The number of fused-ring (bicyclic) bond motifs is 1. The average molecular weight is 239 g/mol. The Morgan fingerprint density at radius 3 is 3.00 bits per heavy atom. The maximum atomic E-state index is 4.47. The smallest absolute Gasteiger partial charge is 0.130 e. The number of pyridine rings is 1. The van der Waals surface area contributed by atoms with Crippen molar-refractivity contribution in [2.75, 3.05) is 11.4 Å². The Hall–Kier alpha value is -0.570. The molecule has 2 unspecified atom stereocenters. The molecule has 1 saturated heterocycles. The fraction of sp³-hybridized carbons (Fsp3) is 0.500. The number of halogens is 1. The van der Waals surface area contributed by atoms with E-state index < -0.39 is 0 Å². The lowest BCUT2D eigenvalue weighted by molar-refractivity contribution is 0.792. The topological polar surface area (TPSA) is 16.1 Å². The van der Waals surface area contributed by atoms with E-state index >= 15 is 0 Å². The summed E-state index contributed by atoms with van der Waals surface area (Å²) in [5.41, 5.74) is 0. The molecule has 1 saturated carbocycles. The molecule has 1 aromatic heterocycles. The van der Waals surface area contributed by atoms with Crippen LogP contribution in [0.1, 0.15) is 12.8 Å². The zero-order chi connectivity index (χ0) is 8.84. The van der Waals surface area contributed by atoms with Crippen LogP contribution < -0.4 is 4.90 Å². The Bertz CT molecular complexity index is 339. The second-order valence-corrected chi connectivity index (χ2v) is 4.68. The summed E-state index contributed by atoms with van der Waals surface area (Å²) in [5, 5.41) is 0. The van der Waals surface area contributed by atoms with E-state index in [0.717, 1.165) is 22.4 Å². The van der Waals surface area contributed by atoms with Gasteiger partial charge in [0.1, 0.15) is 10.4 Å². The summed E-state index contributed by atoms with van der Waals surface area (Å²) in [7, 11) is 0. The van der Waals surface area contributed by atoms with E-state index in [0.29, 0.717) is 0 Å². The molecule has 0 radical (unpaired) electrons. The van der Waals surface area contributed by atoms with E-state index in [1.54, 1.807) is 0 Å². The lowest BCUT2D eigenvalue weighted by Crippen LogP contribution is -2.23. The van der Waals surface area contributed by atoms with Crippen molar-refractivity contribution in [1.82, 2.24) is 4.98 Å². The zero-order valence-corrected chi connectivity index (χ0v) is 8.87. The van der Waals surface area contributed by atoms with Gasteiger partial charge in [0.05, 0.1) is 0 Å². The van der Waals surface area contributed by atoms with Crippen LogP contribution in [0.25, 0.3) is 0 Å². The number of hydrogen-bond donors (Lipinski definition) is 0. The van der Waals surface area contributed by atoms with E-state index in [1.165, 1.54) is 19.4 Å². The SMILES string of the molecule is Brc1cccc(N2CCC3CC32)n1. The molecule has 1 aliphatic carbocycles. The van der Waals surface area contributed by atoms with Crippen LogP contribution in [-0.4, -0.2) is 17.6 Å². The van der Waals surface area contributed by atoms with Gasteiger partial charge < -0.3 is 4.90 Å². The highest BCUT2D eigenvalue weighted by Crippen LogP contribution is 2.45. The first-order chi connectivity index (χ1) is 6.34. The number of aromatic nitrogens is 1. The molecule has 2 heterocycles. The van der Waals surface area contributed by atoms with E-state index in [2.05, 4.69) is 37.9 Å². The fourth-order valence-corrected chi connectivity index (χ4v) is 2.57. The predicted octanol–water partition coefficient (Wildman–Crippen LogP) is 2.44. The summed E-state index contributed by atoms with van der Waals surface area (Å²) in [6, 6.07) is 6.94. The second-order valence-electron chi connectivity index (χ2n) is 3.86. The molecule has 0 aromatic carbocycles. The lowest BCUT2D eigenvalue weighted by atomic mass is 10.3. The third-order valence-corrected chi connectivity index (χ3v) is 3.46. The Labute approximate surface area is 86.1 Å². The third-order valence-electron chi connectivity index (χ3n) is 3.02. The van der Waals surface area contributed by atoms with Crippen molar-refractivity contribution in [2.45, 2.75) is 18.9 Å². The lowest BCUT2D eigenvalue weighted by Gasteiger charge is -2.18. The molecule has 2 nitrogen and oxygen atoms in total. The zero-order valence-electron chi connectivity index (χ0n) is 7.28. The molecule has 2 fully saturated rings. The minimum absolute atomic E-state index is 0.807. The maximum Gasteiger partial charge on any atom is 0.130 e. The summed E-state index contributed by atoms with van der Waals surface area (Å²) in [6.07, 6.45) is 2.74. The maximum absolute atomic E-state index is 4.47. The van der Waals surface area contributed by atoms with E-state index in [9.17, 15) is 0 Å². The molecule has 0 amide bonds. The van der Waals surface area contributed by atoms with Gasteiger partial charge >= 0.3 is 0 Å². The first-order valence-corrected chi connectivity index (χ1v) is 5.53. The predicted molar refractivity (Wildman–Crippen MR) is 55.8 cm³/mol. The number of rotatable bonds is 1. The quantitative estimate of drug-likeness (QED) is 0.700. The van der Waals surface area contributed by atoms with Gasteiger partial charge in [0.25, 0.3) is 0 Å². The summed E-state index contributed by atoms with van der Waals surface area (Å²) in [6.45, 7) is 1.19. The average Bonchev–Trinajstić information content (AvgIpc) is 2.78. The van der Waals surface area contributed by atoms with Gasteiger partial charge in [-0.3, -0.25) is 0 Å². The van der Waals surface area contributed by atoms with Crippen molar-refractivity contribution in [3.8, 4) is 0 Å². The second kappa shape index (κ2) is 2.71. The Kier molecular flexibility index (Phi) is 1.62. The third kappa shape index (κ3) is 1.26. The fourth-order valence-electron chi connectivity index (χ4n) is 2.24. The van der Waals surface area contributed by atoms with Gasteiger partial charge in [0.2, 0.25) is 0 Å². The molecular formula is C10H11BrN2. The molecule has 0 N–H and O–H groups in total. The summed E-state index contributed by atoms with van der Waals surface area (Å²) in [4.78, 5) is 6.91. The van der Waals surface area contributed by atoms with E-state index in [4.69, 9.17) is 0 Å². The highest BCUT2D eigenvalue weighted by Gasteiger charge is 2.47. The van der Waals surface area contributed by atoms with Gasteiger partial charge in [-0.25, -0.2) is 4.98 Å². The van der Waals surface area contributed by atoms with Crippen LogP contribution >= 0.6 is 15.9 Å². The van der Waals surface area contributed by atoms with Gasteiger partial charge in [0, 0.05) is 12.6 Å². The number of hydrogen-bond acceptors (Lipinski definition) is 2. The molecule has 0 bridgehead atoms. The van der Waals surface area contributed by atoms with Gasteiger partial charge in [-0.15, -0.1) is 0 Å². The molecule has 3 rings (SSSR count). The first kappa shape index (κ1) is 7.80. The molecule has 0 spiro atoms. The van der Waals surface area contributed by atoms with Gasteiger partial charge in [-0.1, -0.05) is 6.07 Å². The molecule has 1 aliphatic heterocycles. The largest absolute Gasteiger partial charge is 0.353 e. The summed E-state index contributed by atoms with van der Waals surface area (Å²) >= 11 is 3.40. The number of anilines is 1. The summed E-state index contributed by atoms with van der Waals surface area (Å²) < 4.78 is 0.939. The molecule has 68 valence electrons. The van der Waals surface area contributed by atoms with Crippen molar-refractivity contribution in [1.29, 1.82) is 0 Å². The minimum atomic E-state index is 0.807. The van der Waals surface area contributed by atoms with E-state index in [1.807, 2.05) is 6.07 Å². The van der Waals surface area contributed by atoms with Gasteiger partial charge in [-0.2, -0.15) is 0 Å². The molecular weight excluding hydrogens is 228 g/mol. The van der Waals surface area contributed by atoms with Crippen LogP contribution in [0.4, 0.5) is 5.82 Å². The minimum Gasteiger partial charge on any atom is -0.353 e. The highest BCUT2D eigenvalue weighted by atomic mass is 79.9. The Morgan fingerprint density at radius 1 is 1.46 bits per heavy atom. The molecule has 2 atom stereocenters. The monoisotopic (exact) mass is 238 g/mol. The van der Waals surface area contributed by atoms with Crippen LogP contribution in [0.5, 0.6) is 0 Å². The molecule has 2 aliphatic rings. The van der Waals surface area contributed by atoms with Crippen LogP contribution in [0.15, 0.2) is 22.8 Å². The highest BCUT2D eigenvalue weighted by molar-refractivity contribution is 9.10. The van der Waals surface area contributed by atoms with E-state index in [-0.39, 0.29) is 0 Å². The number of nitrogens with zero attached hydrogens (tertiary/aromatic N) is 2. The molecule has 1 aromatic rings. The van der Waals surface area contributed by atoms with Crippen LogP contribution in [0.2, 0.25) is 0 Å². The molecule has 13 heavy (non-hydrogen) atoms. The number of piperidine rings is 1. The van der Waals surface area contributed by atoms with Crippen molar-refractivity contribution in [2.24, 2.45) is 5.92 Å². The first-order valence-electron chi connectivity index (χ1n) is 4.74. The standard InChI is InChI=1S/C10H11BrN2/c11-9-2-1-3-10(12-9)13-5-4-7-6-8(7)13/h1-3,7-8H,4-6H2. The van der Waals surface area contributed by atoms with Gasteiger partial charge in [0.15, 0.2) is 0 Å². The van der Waals surface area contributed by atoms with Gasteiger partial charge in [-0.05, 0) is 46.8 Å². The normalized spacial score (nSPS) is 30.4. The Balaban J connectivity index is 1.91. The van der Waals surface area contributed by atoms with Crippen LogP contribution in [0, 0.1) is 5.92 Å². The van der Waals surface area contributed by atoms with Crippen molar-refractivity contribution in [3.63, 3.8) is 0 Å². The molecule has 3 heteroatoms. The van der Waals surface area contributed by atoms with Crippen LogP contribution in [-0.2, 0) is 0 Å². The van der Waals surface area contributed by atoms with Crippen molar-refractivity contribution in [3.05, 3.63) is 22.8 Å². The Morgan fingerprint density at radius 2 is 2.38 bits per heavy atom. The van der Waals surface area contributed by atoms with Crippen LogP contribution in [0.3, 0.4) is 0 Å².